The first kappa shape index (κ1) is 16.3. The predicted octanol–water partition coefficient (Wildman–Crippen LogP) is 3.53. The van der Waals surface area contributed by atoms with Gasteiger partial charge in [-0.15, -0.1) is 0 Å². The minimum absolute atomic E-state index is 0.295. The lowest BCUT2D eigenvalue weighted by molar-refractivity contribution is -0.178. The second-order valence-electron chi connectivity index (χ2n) is 6.90. The first-order valence-corrected chi connectivity index (χ1v) is 8.00. The van der Waals surface area contributed by atoms with Gasteiger partial charge in [0.2, 0.25) is 0 Å². The van der Waals surface area contributed by atoms with Crippen LogP contribution in [0, 0.1) is 5.41 Å². The van der Waals surface area contributed by atoms with E-state index >= 15 is 0 Å². The zero-order chi connectivity index (χ0) is 16.7. The highest BCUT2D eigenvalue weighted by Crippen LogP contribution is 2.45. The molecule has 6 heteroatoms. The summed E-state index contributed by atoms with van der Waals surface area (Å²) in [6, 6.07) is 3.31. The number of fused-ring (bicyclic) bond motifs is 1. The summed E-state index contributed by atoms with van der Waals surface area (Å²) >= 11 is 0. The lowest BCUT2D eigenvalue weighted by Crippen LogP contribution is -2.54. The Labute approximate surface area is 133 Å². The van der Waals surface area contributed by atoms with Crippen molar-refractivity contribution in [3.05, 3.63) is 34.9 Å². The molecular formula is C17H21F3N2O. The molecule has 1 aliphatic heterocycles. The molecule has 0 aromatic heterocycles. The number of alkyl halides is 3. The molecule has 1 fully saturated rings. The van der Waals surface area contributed by atoms with Crippen molar-refractivity contribution in [1.29, 1.82) is 0 Å². The fourth-order valence-electron chi connectivity index (χ4n) is 3.77. The van der Waals surface area contributed by atoms with Gasteiger partial charge in [-0.05, 0) is 41.5 Å². The van der Waals surface area contributed by atoms with E-state index in [2.05, 4.69) is 10.6 Å². The third-order valence-corrected chi connectivity index (χ3v) is 5.14. The molecular weight excluding hydrogens is 305 g/mol. The highest BCUT2D eigenvalue weighted by Gasteiger charge is 2.52. The zero-order valence-corrected chi connectivity index (χ0v) is 13.1. The van der Waals surface area contributed by atoms with Gasteiger partial charge in [0, 0.05) is 18.7 Å². The third kappa shape index (κ3) is 3.22. The van der Waals surface area contributed by atoms with Crippen molar-refractivity contribution in [2.24, 2.45) is 5.41 Å². The summed E-state index contributed by atoms with van der Waals surface area (Å²) in [6.45, 7) is 3.02. The van der Waals surface area contributed by atoms with E-state index in [1.807, 2.05) is 6.07 Å². The van der Waals surface area contributed by atoms with Gasteiger partial charge in [0.05, 0.1) is 0 Å². The molecule has 0 spiro atoms. The van der Waals surface area contributed by atoms with Gasteiger partial charge in [0.25, 0.3) is 5.91 Å². The number of carbonyl (C=O) groups excluding carboxylic acids is 1. The number of amides is 1. The standard InChI is InChI=1S/C17H21F3N2O/c1-16(6-2-3-7-16)15(17(18,19)20)22-14(23)11-4-5-12-9-21-10-13(12)8-11/h4-5,8,15,21H,2-3,6-7,9-10H2,1H3,(H,22,23)/t15-/m1/s1. The summed E-state index contributed by atoms with van der Waals surface area (Å²) in [5.74, 6) is -0.643. The lowest BCUT2D eigenvalue weighted by Gasteiger charge is -2.36. The Morgan fingerprint density at radius 1 is 1.22 bits per heavy atom. The van der Waals surface area contributed by atoms with Crippen LogP contribution in [0.5, 0.6) is 0 Å². The molecule has 126 valence electrons. The molecule has 0 radical (unpaired) electrons. The Kier molecular flexibility index (Phi) is 4.12. The Morgan fingerprint density at radius 3 is 2.52 bits per heavy atom. The number of halogens is 3. The maximum atomic E-state index is 13.5. The summed E-state index contributed by atoms with van der Waals surface area (Å²) in [7, 11) is 0. The second-order valence-corrected chi connectivity index (χ2v) is 6.90. The largest absolute Gasteiger partial charge is 0.409 e. The van der Waals surface area contributed by atoms with Gasteiger partial charge in [0.15, 0.2) is 0 Å². The molecule has 1 atom stereocenters. The minimum atomic E-state index is -4.44. The Bertz CT molecular complexity index is 606. The number of rotatable bonds is 3. The van der Waals surface area contributed by atoms with Crippen LogP contribution in [0.3, 0.4) is 0 Å². The molecule has 2 aliphatic rings. The normalized spacial score (nSPS) is 21.0. The molecule has 3 rings (SSSR count). The average molecular weight is 326 g/mol. The van der Waals surface area contributed by atoms with Gasteiger partial charge in [-0.1, -0.05) is 25.8 Å². The van der Waals surface area contributed by atoms with E-state index in [0.717, 1.165) is 30.5 Å². The summed E-state index contributed by atoms with van der Waals surface area (Å²) in [6.07, 6.45) is -1.89. The van der Waals surface area contributed by atoms with Crippen LogP contribution in [0.25, 0.3) is 0 Å². The molecule has 23 heavy (non-hydrogen) atoms. The van der Waals surface area contributed by atoms with Crippen LogP contribution in [0.4, 0.5) is 13.2 Å². The molecule has 1 amide bonds. The van der Waals surface area contributed by atoms with Crippen LogP contribution >= 0.6 is 0 Å². The van der Waals surface area contributed by atoms with E-state index in [1.54, 1.807) is 19.1 Å². The van der Waals surface area contributed by atoms with Crippen molar-refractivity contribution in [2.45, 2.75) is 57.9 Å². The summed E-state index contributed by atoms with van der Waals surface area (Å²) in [5, 5.41) is 5.42. The molecule has 1 saturated carbocycles. The fourth-order valence-corrected chi connectivity index (χ4v) is 3.77. The summed E-state index contributed by atoms with van der Waals surface area (Å²) < 4.78 is 40.5. The monoisotopic (exact) mass is 326 g/mol. The van der Waals surface area contributed by atoms with Crippen LogP contribution in [-0.4, -0.2) is 18.1 Å². The smallest absolute Gasteiger partial charge is 0.340 e. The van der Waals surface area contributed by atoms with E-state index in [9.17, 15) is 18.0 Å². The number of benzene rings is 1. The van der Waals surface area contributed by atoms with E-state index in [4.69, 9.17) is 0 Å². The lowest BCUT2D eigenvalue weighted by atomic mass is 9.80. The summed E-state index contributed by atoms with van der Waals surface area (Å²) in [5.41, 5.74) is 1.46. The average Bonchev–Trinajstić information content (AvgIpc) is 3.11. The number of hydrogen-bond acceptors (Lipinski definition) is 2. The molecule has 1 aromatic rings. The van der Waals surface area contributed by atoms with Crippen molar-refractivity contribution in [3.8, 4) is 0 Å². The van der Waals surface area contributed by atoms with Gasteiger partial charge in [-0.3, -0.25) is 4.79 Å². The van der Waals surface area contributed by atoms with Crippen molar-refractivity contribution >= 4 is 5.91 Å². The fraction of sp³-hybridized carbons (Fsp3) is 0.588. The van der Waals surface area contributed by atoms with Gasteiger partial charge in [-0.25, -0.2) is 0 Å². The van der Waals surface area contributed by atoms with Gasteiger partial charge < -0.3 is 10.6 Å². The minimum Gasteiger partial charge on any atom is -0.340 e. The van der Waals surface area contributed by atoms with Crippen LogP contribution in [0.1, 0.15) is 54.1 Å². The van der Waals surface area contributed by atoms with Crippen molar-refractivity contribution in [2.75, 3.05) is 0 Å². The molecule has 1 heterocycles. The van der Waals surface area contributed by atoms with Gasteiger partial charge in [-0.2, -0.15) is 13.2 Å². The quantitative estimate of drug-likeness (QED) is 0.892. The van der Waals surface area contributed by atoms with Crippen LogP contribution in [0.2, 0.25) is 0 Å². The van der Waals surface area contributed by atoms with E-state index in [1.165, 1.54) is 0 Å². The second kappa shape index (κ2) is 5.82. The van der Waals surface area contributed by atoms with Crippen molar-refractivity contribution in [1.82, 2.24) is 10.6 Å². The third-order valence-electron chi connectivity index (χ3n) is 5.14. The van der Waals surface area contributed by atoms with E-state index < -0.39 is 23.5 Å². The molecule has 0 bridgehead atoms. The van der Waals surface area contributed by atoms with Crippen LogP contribution in [-0.2, 0) is 13.1 Å². The molecule has 0 unspecified atom stereocenters. The first-order chi connectivity index (χ1) is 10.8. The Morgan fingerprint density at radius 2 is 1.87 bits per heavy atom. The SMILES string of the molecule is CC1([C@@H](NC(=O)c2ccc3c(c2)CNC3)C(F)(F)F)CCCC1. The molecule has 0 saturated heterocycles. The van der Waals surface area contributed by atoms with E-state index in [0.29, 0.717) is 24.9 Å². The summed E-state index contributed by atoms with van der Waals surface area (Å²) in [4.78, 5) is 12.4. The number of carbonyl (C=O) groups is 1. The van der Waals surface area contributed by atoms with Gasteiger partial charge >= 0.3 is 6.18 Å². The van der Waals surface area contributed by atoms with Crippen LogP contribution < -0.4 is 10.6 Å². The highest BCUT2D eigenvalue weighted by atomic mass is 19.4. The first-order valence-electron chi connectivity index (χ1n) is 8.00. The highest BCUT2D eigenvalue weighted by molar-refractivity contribution is 5.94. The molecule has 1 aliphatic carbocycles. The van der Waals surface area contributed by atoms with E-state index in [-0.39, 0.29) is 0 Å². The Hall–Kier alpha value is -1.56. The van der Waals surface area contributed by atoms with Crippen molar-refractivity contribution in [3.63, 3.8) is 0 Å². The molecule has 2 N–H and O–H groups in total. The predicted molar refractivity (Wildman–Crippen MR) is 80.9 cm³/mol. The molecule has 3 nitrogen and oxygen atoms in total. The molecule has 1 aromatic carbocycles. The van der Waals surface area contributed by atoms with Gasteiger partial charge in [0.1, 0.15) is 6.04 Å². The number of nitrogens with one attached hydrogen (secondary N) is 2. The number of hydrogen-bond donors (Lipinski definition) is 2. The topological polar surface area (TPSA) is 41.1 Å². The van der Waals surface area contributed by atoms with Crippen molar-refractivity contribution < 1.29 is 18.0 Å². The maximum absolute atomic E-state index is 13.5. The Balaban J connectivity index is 1.81. The zero-order valence-electron chi connectivity index (χ0n) is 13.1. The maximum Gasteiger partial charge on any atom is 0.409 e. The van der Waals surface area contributed by atoms with Crippen LogP contribution in [0.15, 0.2) is 18.2 Å².